The molecular weight excluding hydrogens is 554 g/mol. The van der Waals surface area contributed by atoms with E-state index in [1.807, 2.05) is 0 Å². The van der Waals surface area contributed by atoms with E-state index in [1.165, 1.54) is 18.2 Å². The van der Waals surface area contributed by atoms with Gasteiger partial charge in [0.1, 0.15) is 49.6 Å². The highest BCUT2D eigenvalue weighted by molar-refractivity contribution is 6.14. The van der Waals surface area contributed by atoms with E-state index >= 15 is 0 Å². The lowest BCUT2D eigenvalue weighted by Gasteiger charge is -2.38. The van der Waals surface area contributed by atoms with Crippen molar-refractivity contribution in [2.45, 2.75) is 37.3 Å². The van der Waals surface area contributed by atoms with Crippen LogP contribution >= 0.6 is 0 Å². The molecule has 7 N–H and O–H groups in total. The molecule has 2 heterocycles. The number of nitrogens with two attached hydrogens (primary N) is 1. The number of amides is 4. The summed E-state index contributed by atoms with van der Waals surface area (Å²) in [7, 11) is 0. The van der Waals surface area contributed by atoms with Crippen molar-refractivity contribution in [2.75, 3.05) is 32.9 Å². The van der Waals surface area contributed by atoms with Crippen molar-refractivity contribution in [3.8, 4) is 11.5 Å². The number of hydrogen-bond acceptors (Lipinski definition) is 13. The number of hydrogen-bond donors (Lipinski definition) is 6. The maximum Gasteiger partial charge on any atom is 0.404 e. The van der Waals surface area contributed by atoms with E-state index < -0.39 is 67.0 Å². The van der Waals surface area contributed by atoms with E-state index in [0.717, 1.165) is 17.1 Å². The van der Waals surface area contributed by atoms with Crippen LogP contribution in [0.25, 0.3) is 0 Å². The second-order valence-electron chi connectivity index (χ2n) is 8.64. The van der Waals surface area contributed by atoms with Gasteiger partial charge in [0.15, 0.2) is 6.10 Å². The number of carbonyl (C=O) groups is 5. The standard InChI is InChI=1S/C24H29N3O14/c25-24(36)39-11-12-1-2-13(40-23-20(33)18(31)19(32)21(41-23)22(34)35)9-14(12)38-8-7-37-6-5-26-15(28)10-27-16(29)3-4-17(27)30/h1-4,9,18-21,23,31-33H,5-8,10-11H2,(H2,25,36)(H,26,28)(H,34,35)/t18-,19-,20+,21-,23+/m0/s1. The van der Waals surface area contributed by atoms with Crippen LogP contribution in [0.15, 0.2) is 30.4 Å². The van der Waals surface area contributed by atoms with Gasteiger partial charge in [0.2, 0.25) is 12.2 Å². The Bertz CT molecular complexity index is 1160. The number of primary amides is 1. The molecule has 41 heavy (non-hydrogen) atoms. The molecule has 0 spiro atoms. The monoisotopic (exact) mass is 583 g/mol. The fourth-order valence-electron chi connectivity index (χ4n) is 3.66. The molecular formula is C24H29N3O14. The van der Waals surface area contributed by atoms with E-state index in [4.69, 9.17) is 29.4 Å². The van der Waals surface area contributed by atoms with Crippen molar-refractivity contribution < 1.29 is 68.1 Å². The van der Waals surface area contributed by atoms with Crippen LogP contribution in [0, 0.1) is 0 Å². The highest BCUT2D eigenvalue weighted by atomic mass is 16.7. The molecule has 0 unspecified atom stereocenters. The number of nitrogens with zero attached hydrogens (tertiary/aromatic N) is 1. The van der Waals surface area contributed by atoms with E-state index in [1.54, 1.807) is 0 Å². The van der Waals surface area contributed by atoms with Gasteiger partial charge in [-0.2, -0.15) is 0 Å². The van der Waals surface area contributed by atoms with E-state index in [2.05, 4.69) is 5.32 Å². The zero-order chi connectivity index (χ0) is 30.1. The number of ether oxygens (including phenoxy) is 5. The molecule has 4 amide bonds. The number of aliphatic hydroxyl groups is 3. The van der Waals surface area contributed by atoms with Gasteiger partial charge in [-0.25, -0.2) is 9.59 Å². The summed E-state index contributed by atoms with van der Waals surface area (Å²) in [6.45, 7) is -0.514. The topological polar surface area (TPSA) is 254 Å². The molecule has 0 aromatic heterocycles. The van der Waals surface area contributed by atoms with Gasteiger partial charge in [-0.15, -0.1) is 0 Å². The van der Waals surface area contributed by atoms with Gasteiger partial charge in [-0.3, -0.25) is 19.3 Å². The quantitative estimate of drug-likeness (QED) is 0.0942. The Morgan fingerprint density at radius 1 is 1.00 bits per heavy atom. The minimum atomic E-state index is -1.89. The molecule has 2 aliphatic heterocycles. The number of rotatable bonds is 14. The number of imide groups is 1. The molecule has 0 aliphatic carbocycles. The molecule has 5 atom stereocenters. The summed E-state index contributed by atoms with van der Waals surface area (Å²) >= 11 is 0. The summed E-state index contributed by atoms with van der Waals surface area (Å²) < 4.78 is 26.4. The predicted octanol–water partition coefficient (Wildman–Crippen LogP) is -3.01. The zero-order valence-corrected chi connectivity index (χ0v) is 21.4. The highest BCUT2D eigenvalue weighted by Crippen LogP contribution is 2.29. The van der Waals surface area contributed by atoms with Crippen LogP contribution in [0.3, 0.4) is 0 Å². The number of carboxylic acids is 1. The first-order chi connectivity index (χ1) is 19.5. The number of nitrogens with one attached hydrogen (secondary N) is 1. The lowest BCUT2D eigenvalue weighted by molar-refractivity contribution is -0.271. The number of aliphatic carboxylic acids is 1. The molecule has 224 valence electrons. The van der Waals surface area contributed by atoms with Crippen LogP contribution in [-0.2, 0) is 40.0 Å². The Kier molecular flexibility index (Phi) is 11.0. The molecule has 1 fully saturated rings. The minimum absolute atomic E-state index is 0.00778. The van der Waals surface area contributed by atoms with Gasteiger partial charge in [0, 0.05) is 30.3 Å². The van der Waals surface area contributed by atoms with Gasteiger partial charge in [-0.1, -0.05) is 0 Å². The maximum absolute atomic E-state index is 11.9. The molecule has 0 radical (unpaired) electrons. The SMILES string of the molecule is NC(=O)OCc1ccc(O[C@@H]2O[C@H](C(=O)O)[C@@H](O)[C@H](O)[C@H]2O)cc1OCCOCCNC(=O)CN1C(=O)C=CC1=O. The third kappa shape index (κ3) is 8.60. The van der Waals surface area contributed by atoms with Gasteiger partial charge in [0.25, 0.3) is 11.8 Å². The summed E-state index contributed by atoms with van der Waals surface area (Å²) in [6, 6.07) is 4.12. The van der Waals surface area contributed by atoms with Crippen molar-refractivity contribution in [3.63, 3.8) is 0 Å². The first-order valence-corrected chi connectivity index (χ1v) is 12.1. The molecule has 1 saturated heterocycles. The smallest absolute Gasteiger partial charge is 0.404 e. The second kappa shape index (κ2) is 14.4. The van der Waals surface area contributed by atoms with Crippen molar-refractivity contribution in [1.82, 2.24) is 10.2 Å². The minimum Gasteiger partial charge on any atom is -0.491 e. The van der Waals surface area contributed by atoms with E-state index in [0.29, 0.717) is 5.56 Å². The average Bonchev–Trinajstić information content (AvgIpc) is 3.24. The Morgan fingerprint density at radius 2 is 1.71 bits per heavy atom. The molecule has 3 rings (SSSR count). The summed E-state index contributed by atoms with van der Waals surface area (Å²) in [5, 5.41) is 41.7. The number of aliphatic hydroxyl groups excluding tert-OH is 3. The summed E-state index contributed by atoms with van der Waals surface area (Å²) in [5.41, 5.74) is 5.37. The molecule has 0 bridgehead atoms. The van der Waals surface area contributed by atoms with Crippen LogP contribution in [0.2, 0.25) is 0 Å². The molecule has 17 heteroatoms. The summed E-state index contributed by atoms with van der Waals surface area (Å²) in [6.07, 6.45) is -7.95. The van der Waals surface area contributed by atoms with Gasteiger partial charge in [-0.05, 0) is 12.1 Å². The van der Waals surface area contributed by atoms with Crippen molar-refractivity contribution in [2.24, 2.45) is 5.73 Å². The highest BCUT2D eigenvalue weighted by Gasteiger charge is 2.48. The maximum atomic E-state index is 11.9. The van der Waals surface area contributed by atoms with Gasteiger partial charge < -0.3 is 55.2 Å². The molecule has 0 saturated carbocycles. The largest absolute Gasteiger partial charge is 0.491 e. The van der Waals surface area contributed by atoms with Crippen LogP contribution in [0.1, 0.15) is 5.56 Å². The molecule has 2 aliphatic rings. The Morgan fingerprint density at radius 3 is 2.37 bits per heavy atom. The number of benzene rings is 1. The first kappa shape index (κ1) is 31.2. The lowest BCUT2D eigenvalue weighted by Crippen LogP contribution is -2.61. The lowest BCUT2D eigenvalue weighted by atomic mass is 9.99. The third-order valence-electron chi connectivity index (χ3n) is 5.73. The van der Waals surface area contributed by atoms with Crippen molar-refractivity contribution in [1.29, 1.82) is 0 Å². The fraction of sp³-hybridized carbons (Fsp3) is 0.458. The number of carboxylic acid groups (broad SMARTS) is 1. The Balaban J connectivity index is 1.50. The number of carbonyl (C=O) groups excluding carboxylic acids is 4. The summed E-state index contributed by atoms with van der Waals surface area (Å²) in [4.78, 5) is 58.0. The van der Waals surface area contributed by atoms with Crippen LogP contribution in [0.4, 0.5) is 4.79 Å². The van der Waals surface area contributed by atoms with Crippen LogP contribution in [0.5, 0.6) is 11.5 Å². The fourth-order valence-corrected chi connectivity index (χ4v) is 3.66. The van der Waals surface area contributed by atoms with Crippen LogP contribution in [-0.4, -0.2) is 119 Å². The Hall–Kier alpha value is -4.29. The van der Waals surface area contributed by atoms with Crippen molar-refractivity contribution in [3.05, 3.63) is 35.9 Å². The Labute approximate surface area is 232 Å². The first-order valence-electron chi connectivity index (χ1n) is 12.1. The molecule has 17 nitrogen and oxygen atoms in total. The average molecular weight is 584 g/mol. The third-order valence-corrected chi connectivity index (χ3v) is 5.73. The van der Waals surface area contributed by atoms with Gasteiger partial charge in [0.05, 0.1) is 13.2 Å². The van der Waals surface area contributed by atoms with Crippen molar-refractivity contribution >= 4 is 29.8 Å². The normalized spacial score (nSPS) is 23.8. The second-order valence-corrected chi connectivity index (χ2v) is 8.64. The van der Waals surface area contributed by atoms with Crippen LogP contribution < -0.4 is 20.5 Å². The zero-order valence-electron chi connectivity index (χ0n) is 21.4. The predicted molar refractivity (Wildman–Crippen MR) is 131 cm³/mol. The van der Waals surface area contributed by atoms with Gasteiger partial charge >= 0.3 is 12.1 Å². The van der Waals surface area contributed by atoms with E-state index in [9.17, 15) is 44.4 Å². The molecule has 1 aromatic carbocycles. The molecule has 1 aromatic rings. The van der Waals surface area contributed by atoms with E-state index in [-0.39, 0.29) is 44.5 Å². The summed E-state index contributed by atoms with van der Waals surface area (Å²) in [5.74, 6) is -3.12.